The number of hydrogen-bond acceptors (Lipinski definition) is 2. The summed E-state index contributed by atoms with van der Waals surface area (Å²) in [5.74, 6) is -1.33. The topological polar surface area (TPSA) is 50.2 Å². The number of pyridine rings is 1. The van der Waals surface area contributed by atoms with Gasteiger partial charge >= 0.3 is 5.97 Å². The molecule has 0 saturated heterocycles. The van der Waals surface area contributed by atoms with E-state index in [4.69, 9.17) is 16.7 Å². The lowest BCUT2D eigenvalue weighted by Crippen LogP contribution is -2.09. The lowest BCUT2D eigenvalue weighted by atomic mass is 10.1. The molecule has 88 valence electrons. The predicted molar refractivity (Wildman–Crippen MR) is 57.8 cm³/mol. The summed E-state index contributed by atoms with van der Waals surface area (Å²) in [6.45, 7) is 0. The number of aliphatic carboxylic acids is 1. The maximum Gasteiger partial charge on any atom is 0.309 e. The predicted octanol–water partition coefficient (Wildman–Crippen LogP) is 3.15. The van der Waals surface area contributed by atoms with E-state index in [-0.39, 0.29) is 22.7 Å². The van der Waals surface area contributed by atoms with Gasteiger partial charge in [0.1, 0.15) is 4.60 Å². The van der Waals surface area contributed by atoms with Crippen molar-refractivity contribution in [2.24, 2.45) is 0 Å². The van der Waals surface area contributed by atoms with Crippen LogP contribution in [0.1, 0.15) is 23.2 Å². The molecule has 0 atom stereocenters. The molecular weight excluding hydrogens is 307 g/mol. The van der Waals surface area contributed by atoms with Gasteiger partial charge in [0.05, 0.1) is 12.1 Å². The van der Waals surface area contributed by atoms with Crippen LogP contribution in [0.2, 0.25) is 0 Å². The number of carboxylic acids is 1. The minimum absolute atomic E-state index is 0.118. The quantitative estimate of drug-likeness (QED) is 0.686. The molecular formula is C9H7BrClF2NO2. The van der Waals surface area contributed by atoms with Crippen LogP contribution in [0.4, 0.5) is 8.78 Å². The average molecular weight is 315 g/mol. The zero-order valence-electron chi connectivity index (χ0n) is 7.88. The highest BCUT2D eigenvalue weighted by Gasteiger charge is 2.21. The zero-order valence-corrected chi connectivity index (χ0v) is 10.2. The number of alkyl halides is 3. The summed E-state index contributed by atoms with van der Waals surface area (Å²) in [5.41, 5.74) is -0.358. The molecule has 0 unspecified atom stereocenters. The van der Waals surface area contributed by atoms with Crippen LogP contribution >= 0.6 is 27.5 Å². The fraction of sp³-hybridized carbons (Fsp3) is 0.333. The Hall–Kier alpha value is -0.750. The number of halogens is 4. The van der Waals surface area contributed by atoms with E-state index in [0.717, 1.165) is 0 Å². The first kappa shape index (κ1) is 13.3. The van der Waals surface area contributed by atoms with E-state index in [2.05, 4.69) is 20.9 Å². The van der Waals surface area contributed by atoms with Crippen LogP contribution in [-0.2, 0) is 17.1 Å². The first-order valence-electron chi connectivity index (χ1n) is 4.19. The molecule has 1 rings (SSSR count). The van der Waals surface area contributed by atoms with Crippen molar-refractivity contribution >= 4 is 33.5 Å². The molecule has 1 N–H and O–H groups in total. The van der Waals surface area contributed by atoms with Crippen molar-refractivity contribution in [2.45, 2.75) is 18.7 Å². The smallest absolute Gasteiger partial charge is 0.309 e. The number of rotatable bonds is 4. The highest BCUT2D eigenvalue weighted by molar-refractivity contribution is 9.10. The number of aromatic nitrogens is 1. The van der Waals surface area contributed by atoms with E-state index in [1.54, 1.807) is 0 Å². The molecule has 16 heavy (non-hydrogen) atoms. The summed E-state index contributed by atoms with van der Waals surface area (Å²) in [7, 11) is 0. The minimum Gasteiger partial charge on any atom is -0.481 e. The van der Waals surface area contributed by atoms with Crippen molar-refractivity contribution in [3.8, 4) is 0 Å². The zero-order chi connectivity index (χ0) is 12.3. The summed E-state index contributed by atoms with van der Waals surface area (Å²) in [6, 6.07) is 1.36. The maximum absolute atomic E-state index is 12.8. The summed E-state index contributed by atoms with van der Waals surface area (Å²) >= 11 is 8.55. The van der Waals surface area contributed by atoms with Crippen molar-refractivity contribution < 1.29 is 18.7 Å². The Morgan fingerprint density at radius 1 is 1.62 bits per heavy atom. The first-order valence-corrected chi connectivity index (χ1v) is 5.52. The summed E-state index contributed by atoms with van der Waals surface area (Å²) in [4.78, 5) is 14.3. The van der Waals surface area contributed by atoms with Gasteiger partial charge < -0.3 is 5.11 Å². The summed E-state index contributed by atoms with van der Waals surface area (Å²) < 4.78 is 25.8. The average Bonchev–Trinajstić information content (AvgIpc) is 2.14. The van der Waals surface area contributed by atoms with Crippen LogP contribution in [0.25, 0.3) is 0 Å². The van der Waals surface area contributed by atoms with Crippen LogP contribution in [-0.4, -0.2) is 16.1 Å². The molecule has 0 bridgehead atoms. The van der Waals surface area contributed by atoms with Gasteiger partial charge in [-0.25, -0.2) is 13.8 Å². The van der Waals surface area contributed by atoms with Gasteiger partial charge in [-0.3, -0.25) is 4.79 Å². The summed E-state index contributed by atoms with van der Waals surface area (Å²) in [5, 5.41) is 8.59. The number of hydrogen-bond donors (Lipinski definition) is 1. The highest BCUT2D eigenvalue weighted by Crippen LogP contribution is 2.29. The Kier molecular flexibility index (Phi) is 4.61. The Balaban J connectivity index is 3.32. The molecule has 0 saturated carbocycles. The Labute approximate surface area is 104 Å². The molecule has 1 heterocycles. The van der Waals surface area contributed by atoms with Gasteiger partial charge in [0.2, 0.25) is 0 Å². The third-order valence-corrected chi connectivity index (χ3v) is 2.57. The molecule has 1 aromatic heterocycles. The molecule has 0 amide bonds. The molecule has 0 aliphatic carbocycles. The first-order chi connectivity index (χ1) is 7.45. The van der Waals surface area contributed by atoms with Crippen molar-refractivity contribution in [1.82, 2.24) is 4.98 Å². The third-order valence-electron chi connectivity index (χ3n) is 1.87. The van der Waals surface area contributed by atoms with Crippen molar-refractivity contribution in [2.75, 3.05) is 0 Å². The molecule has 3 nitrogen and oxygen atoms in total. The Morgan fingerprint density at radius 3 is 2.69 bits per heavy atom. The normalized spacial score (nSPS) is 10.8. The van der Waals surface area contributed by atoms with Crippen molar-refractivity contribution in [1.29, 1.82) is 0 Å². The van der Waals surface area contributed by atoms with Gasteiger partial charge in [-0.1, -0.05) is 0 Å². The second-order valence-electron chi connectivity index (χ2n) is 2.97. The molecule has 0 radical (unpaired) electrons. The van der Waals surface area contributed by atoms with Gasteiger partial charge in [0.25, 0.3) is 6.43 Å². The fourth-order valence-electron chi connectivity index (χ4n) is 1.28. The third kappa shape index (κ3) is 3.12. The van der Waals surface area contributed by atoms with Crippen molar-refractivity contribution in [3.05, 3.63) is 27.5 Å². The molecule has 0 aliphatic rings. The van der Waals surface area contributed by atoms with Crippen LogP contribution in [0.15, 0.2) is 10.7 Å². The van der Waals surface area contributed by atoms with Gasteiger partial charge in [-0.15, -0.1) is 11.6 Å². The van der Waals surface area contributed by atoms with E-state index < -0.39 is 18.8 Å². The molecule has 7 heteroatoms. The Morgan fingerprint density at radius 2 is 2.25 bits per heavy atom. The van der Waals surface area contributed by atoms with Gasteiger partial charge in [-0.05, 0) is 27.6 Å². The highest BCUT2D eigenvalue weighted by atomic mass is 79.9. The largest absolute Gasteiger partial charge is 0.481 e. The number of nitrogens with zero attached hydrogens (tertiary/aromatic N) is 1. The second-order valence-corrected chi connectivity index (χ2v) is 4.05. The van der Waals surface area contributed by atoms with Crippen LogP contribution in [0.3, 0.4) is 0 Å². The van der Waals surface area contributed by atoms with E-state index in [1.807, 2.05) is 0 Å². The van der Waals surface area contributed by atoms with Crippen LogP contribution < -0.4 is 0 Å². The molecule has 0 aliphatic heterocycles. The number of carboxylic acid groups (broad SMARTS) is 1. The monoisotopic (exact) mass is 313 g/mol. The standard InChI is InChI=1S/C9H7BrClF2NO2/c10-6-1-4(3-11)8(9(12)13)5(14-6)2-7(15)16/h1,9H,2-3H2,(H,15,16). The molecule has 0 spiro atoms. The van der Waals surface area contributed by atoms with Gasteiger partial charge in [-0.2, -0.15) is 0 Å². The lowest BCUT2D eigenvalue weighted by molar-refractivity contribution is -0.136. The van der Waals surface area contributed by atoms with E-state index in [9.17, 15) is 13.6 Å². The summed E-state index contributed by atoms with van der Waals surface area (Å²) in [6.07, 6.45) is -3.34. The fourth-order valence-corrected chi connectivity index (χ4v) is 1.99. The molecule has 1 aromatic rings. The van der Waals surface area contributed by atoms with E-state index >= 15 is 0 Å². The van der Waals surface area contributed by atoms with Gasteiger partial charge in [0.15, 0.2) is 0 Å². The number of carbonyl (C=O) groups is 1. The van der Waals surface area contributed by atoms with Crippen molar-refractivity contribution in [3.63, 3.8) is 0 Å². The Bertz CT molecular complexity index is 415. The van der Waals surface area contributed by atoms with E-state index in [0.29, 0.717) is 4.60 Å². The van der Waals surface area contributed by atoms with E-state index in [1.165, 1.54) is 6.07 Å². The maximum atomic E-state index is 12.8. The van der Waals surface area contributed by atoms with Crippen LogP contribution in [0, 0.1) is 0 Å². The molecule has 0 fully saturated rings. The lowest BCUT2D eigenvalue weighted by Gasteiger charge is -2.11. The SMILES string of the molecule is O=C(O)Cc1nc(Br)cc(CCl)c1C(F)F. The minimum atomic E-state index is -2.79. The van der Waals surface area contributed by atoms with Gasteiger partial charge in [0, 0.05) is 11.4 Å². The molecule has 0 aromatic carbocycles. The van der Waals surface area contributed by atoms with Crippen LogP contribution in [0.5, 0.6) is 0 Å². The second kappa shape index (κ2) is 5.54.